The van der Waals surface area contributed by atoms with Crippen molar-refractivity contribution in [1.82, 2.24) is 20.0 Å². The van der Waals surface area contributed by atoms with E-state index in [1.807, 2.05) is 0 Å². The predicted molar refractivity (Wildman–Crippen MR) is 89.6 cm³/mol. The topological polar surface area (TPSA) is 55.1 Å². The molecule has 0 amide bonds. The molecular weight excluding hydrogens is 308 g/mol. The van der Waals surface area contributed by atoms with Crippen LogP contribution in [-0.4, -0.2) is 33.1 Å². The van der Waals surface area contributed by atoms with Crippen LogP contribution in [0.4, 0.5) is 0 Å². The van der Waals surface area contributed by atoms with E-state index < -0.39 is 0 Å². The summed E-state index contributed by atoms with van der Waals surface area (Å²) in [5, 5.41) is 7.73. The van der Waals surface area contributed by atoms with Crippen LogP contribution < -0.4 is 0 Å². The highest BCUT2D eigenvalue weighted by atomic mass is 32.1. The smallest absolute Gasteiger partial charge is 0.229 e. The highest BCUT2D eigenvalue weighted by molar-refractivity contribution is 7.09. The number of aryl methyl sites for hydroxylation is 1. The number of thiazole rings is 1. The minimum atomic E-state index is 0.411. The molecule has 2 fully saturated rings. The molecule has 23 heavy (non-hydrogen) atoms. The summed E-state index contributed by atoms with van der Waals surface area (Å²) in [6.07, 6.45) is 7.05. The summed E-state index contributed by atoms with van der Waals surface area (Å²) >= 11 is 1.80. The Kier molecular flexibility index (Phi) is 4.44. The van der Waals surface area contributed by atoms with Gasteiger partial charge in [0.2, 0.25) is 5.89 Å². The number of likely N-dealkylation sites (tertiary alicyclic amines) is 1. The molecule has 0 spiro atoms. The Morgan fingerprint density at radius 3 is 3.00 bits per heavy atom. The lowest BCUT2D eigenvalue weighted by Gasteiger charge is -2.30. The number of hydrogen-bond donors (Lipinski definition) is 0. The highest BCUT2D eigenvalue weighted by Crippen LogP contribution is 2.39. The zero-order valence-electron chi connectivity index (χ0n) is 13.7. The van der Waals surface area contributed by atoms with Crippen molar-refractivity contribution in [3.63, 3.8) is 0 Å². The minimum Gasteiger partial charge on any atom is -0.339 e. The molecule has 0 aromatic carbocycles. The van der Waals surface area contributed by atoms with Crippen LogP contribution >= 0.6 is 11.3 Å². The largest absolute Gasteiger partial charge is 0.339 e. The second kappa shape index (κ2) is 6.69. The fourth-order valence-corrected chi connectivity index (χ4v) is 4.19. The van der Waals surface area contributed by atoms with Gasteiger partial charge in [-0.15, -0.1) is 11.3 Å². The van der Waals surface area contributed by atoms with Gasteiger partial charge in [-0.2, -0.15) is 4.98 Å². The number of rotatable bonds is 6. The Morgan fingerprint density at radius 1 is 1.26 bits per heavy atom. The maximum atomic E-state index is 5.44. The summed E-state index contributed by atoms with van der Waals surface area (Å²) < 4.78 is 5.44. The molecule has 1 saturated heterocycles. The van der Waals surface area contributed by atoms with E-state index in [0.717, 1.165) is 44.2 Å². The van der Waals surface area contributed by atoms with Gasteiger partial charge in [-0.25, -0.2) is 4.98 Å². The highest BCUT2D eigenvalue weighted by Gasteiger charge is 2.32. The van der Waals surface area contributed by atoms with Crippen LogP contribution in [0.3, 0.4) is 0 Å². The third-order valence-corrected chi connectivity index (χ3v) is 5.66. The zero-order chi connectivity index (χ0) is 15.6. The first kappa shape index (κ1) is 15.3. The van der Waals surface area contributed by atoms with Gasteiger partial charge >= 0.3 is 0 Å². The summed E-state index contributed by atoms with van der Waals surface area (Å²) in [5.41, 5.74) is 1.21. The van der Waals surface area contributed by atoms with Crippen LogP contribution in [0.15, 0.2) is 9.90 Å². The summed E-state index contributed by atoms with van der Waals surface area (Å²) in [6.45, 7) is 5.32. The van der Waals surface area contributed by atoms with Crippen molar-refractivity contribution in [1.29, 1.82) is 0 Å². The molecule has 2 aliphatic rings. The average molecular weight is 332 g/mol. The summed E-state index contributed by atoms with van der Waals surface area (Å²) in [6, 6.07) is 0. The van der Waals surface area contributed by atoms with Crippen molar-refractivity contribution in [2.45, 2.75) is 63.8 Å². The van der Waals surface area contributed by atoms with Crippen LogP contribution in [0.2, 0.25) is 0 Å². The van der Waals surface area contributed by atoms with E-state index in [4.69, 9.17) is 9.51 Å². The normalized spacial score (nSPS) is 22.6. The van der Waals surface area contributed by atoms with Gasteiger partial charge in [-0.1, -0.05) is 12.1 Å². The minimum absolute atomic E-state index is 0.411. The molecule has 2 aromatic heterocycles. The van der Waals surface area contributed by atoms with Gasteiger partial charge in [0.15, 0.2) is 5.82 Å². The van der Waals surface area contributed by atoms with Crippen molar-refractivity contribution >= 4 is 11.3 Å². The molecule has 0 radical (unpaired) electrons. The number of nitrogens with zero attached hydrogens (tertiary/aromatic N) is 4. The summed E-state index contributed by atoms with van der Waals surface area (Å²) in [4.78, 5) is 11.9. The molecule has 0 N–H and O–H groups in total. The molecule has 6 heteroatoms. The Hall–Kier alpha value is -1.27. The molecule has 1 atom stereocenters. The van der Waals surface area contributed by atoms with E-state index in [0.29, 0.717) is 11.8 Å². The van der Waals surface area contributed by atoms with Crippen LogP contribution in [0.25, 0.3) is 0 Å². The van der Waals surface area contributed by atoms with Gasteiger partial charge in [-0.3, -0.25) is 4.90 Å². The van der Waals surface area contributed by atoms with Crippen molar-refractivity contribution in [2.75, 3.05) is 13.1 Å². The van der Waals surface area contributed by atoms with E-state index in [1.165, 1.54) is 36.4 Å². The third kappa shape index (κ3) is 3.63. The Balaban J connectivity index is 1.37. The van der Waals surface area contributed by atoms with Gasteiger partial charge in [0.05, 0.1) is 10.7 Å². The Labute approximate surface area is 141 Å². The zero-order valence-corrected chi connectivity index (χ0v) is 14.5. The predicted octanol–water partition coefficient (Wildman–Crippen LogP) is 3.74. The molecule has 124 valence electrons. The molecule has 5 nitrogen and oxygen atoms in total. The Morgan fingerprint density at radius 2 is 2.17 bits per heavy atom. The molecule has 1 saturated carbocycles. The fraction of sp³-hybridized carbons (Fsp3) is 0.706. The molecule has 4 rings (SSSR count). The maximum Gasteiger partial charge on any atom is 0.229 e. The van der Waals surface area contributed by atoms with Gasteiger partial charge in [0.25, 0.3) is 0 Å². The first-order valence-electron chi connectivity index (χ1n) is 8.81. The lowest BCUT2D eigenvalue weighted by atomic mass is 9.97. The van der Waals surface area contributed by atoms with E-state index >= 15 is 0 Å². The molecule has 3 heterocycles. The standard InChI is InChI=1S/C17H24N4OS/c1-2-4-15-18-14(11-23-15)10-21-8-3-5-13(9-21)16-19-17(22-20-16)12-6-7-12/h11-13H,2-10H2,1H3/t13-/m1/s1. The molecule has 1 aliphatic carbocycles. The fourth-order valence-electron chi connectivity index (χ4n) is 3.30. The number of aromatic nitrogens is 3. The van der Waals surface area contributed by atoms with Gasteiger partial charge < -0.3 is 4.52 Å². The molecule has 2 aromatic rings. The molecule has 0 bridgehead atoms. The SMILES string of the molecule is CCCc1nc(CN2CCC[C@@H](c3noc(C4CC4)n3)C2)cs1. The number of piperidine rings is 1. The van der Waals surface area contributed by atoms with Gasteiger partial charge in [0.1, 0.15) is 0 Å². The van der Waals surface area contributed by atoms with Crippen LogP contribution in [0.1, 0.15) is 73.3 Å². The lowest BCUT2D eigenvalue weighted by Crippen LogP contribution is -2.34. The van der Waals surface area contributed by atoms with Crippen LogP contribution in [0.5, 0.6) is 0 Å². The summed E-state index contributed by atoms with van der Waals surface area (Å²) in [7, 11) is 0. The molecule has 0 unspecified atom stereocenters. The van der Waals surface area contributed by atoms with Crippen molar-refractivity contribution in [2.24, 2.45) is 0 Å². The van der Waals surface area contributed by atoms with Crippen molar-refractivity contribution in [3.8, 4) is 0 Å². The molecular formula is C17H24N4OS. The van der Waals surface area contributed by atoms with E-state index in [2.05, 4.69) is 27.3 Å². The van der Waals surface area contributed by atoms with E-state index in [9.17, 15) is 0 Å². The quantitative estimate of drug-likeness (QED) is 0.806. The van der Waals surface area contributed by atoms with E-state index in [1.54, 1.807) is 11.3 Å². The van der Waals surface area contributed by atoms with E-state index in [-0.39, 0.29) is 0 Å². The first-order chi connectivity index (χ1) is 11.3. The maximum absolute atomic E-state index is 5.44. The lowest BCUT2D eigenvalue weighted by molar-refractivity contribution is 0.193. The van der Waals surface area contributed by atoms with Crippen LogP contribution in [0, 0.1) is 0 Å². The monoisotopic (exact) mass is 332 g/mol. The van der Waals surface area contributed by atoms with Gasteiger partial charge in [0, 0.05) is 30.3 Å². The summed E-state index contributed by atoms with van der Waals surface area (Å²) in [5.74, 6) is 2.74. The first-order valence-corrected chi connectivity index (χ1v) is 9.69. The number of hydrogen-bond acceptors (Lipinski definition) is 6. The molecule has 1 aliphatic heterocycles. The van der Waals surface area contributed by atoms with Crippen LogP contribution in [-0.2, 0) is 13.0 Å². The Bertz CT molecular complexity index is 649. The third-order valence-electron chi connectivity index (χ3n) is 4.70. The average Bonchev–Trinajstić information content (AvgIpc) is 3.13. The second-order valence-electron chi connectivity index (χ2n) is 6.82. The van der Waals surface area contributed by atoms with Gasteiger partial charge in [-0.05, 0) is 45.1 Å². The second-order valence-corrected chi connectivity index (χ2v) is 7.76. The van der Waals surface area contributed by atoms with Crippen molar-refractivity contribution < 1.29 is 4.52 Å². The van der Waals surface area contributed by atoms with Crippen molar-refractivity contribution in [3.05, 3.63) is 27.8 Å².